The van der Waals surface area contributed by atoms with Gasteiger partial charge in [0.15, 0.2) is 0 Å². The van der Waals surface area contributed by atoms with Crippen LogP contribution in [0.4, 0.5) is 0 Å². The molecule has 4 unspecified atom stereocenters. The molecule has 2 aliphatic rings. The largest absolute Gasteiger partial charge is 0.393 e. The highest BCUT2D eigenvalue weighted by Crippen LogP contribution is 2.55. The quantitative estimate of drug-likeness (QED) is 0.709. The number of fused-ring (bicyclic) bond motifs is 1. The lowest BCUT2D eigenvalue weighted by Gasteiger charge is -2.25. The van der Waals surface area contributed by atoms with Crippen molar-refractivity contribution in [3.05, 3.63) is 0 Å². The van der Waals surface area contributed by atoms with Crippen LogP contribution in [0, 0.1) is 23.7 Å². The van der Waals surface area contributed by atoms with Gasteiger partial charge in [-0.05, 0) is 49.4 Å². The molecule has 1 nitrogen and oxygen atoms in total. The van der Waals surface area contributed by atoms with Crippen molar-refractivity contribution in [1.82, 2.24) is 0 Å². The topological polar surface area (TPSA) is 20.2 Å². The molecule has 0 heterocycles. The molecule has 13 heavy (non-hydrogen) atoms. The lowest BCUT2D eigenvalue weighted by molar-refractivity contribution is 0.0507. The van der Waals surface area contributed by atoms with Crippen molar-refractivity contribution in [2.24, 2.45) is 23.7 Å². The van der Waals surface area contributed by atoms with Gasteiger partial charge in [0.1, 0.15) is 0 Å². The fraction of sp³-hybridized carbons (Fsp3) is 1.00. The Bertz CT molecular complexity index is 168. The Morgan fingerprint density at radius 2 is 1.85 bits per heavy atom. The molecule has 76 valence electrons. The highest BCUT2D eigenvalue weighted by molar-refractivity contribution is 4.98. The number of hydrogen-bond donors (Lipinski definition) is 1. The SMILES string of the molecule is CCCC(C)C(O)C1CC2CC2C1. The van der Waals surface area contributed by atoms with Gasteiger partial charge in [-0.1, -0.05) is 20.3 Å². The molecule has 2 saturated carbocycles. The number of hydrogen-bond acceptors (Lipinski definition) is 1. The van der Waals surface area contributed by atoms with E-state index in [-0.39, 0.29) is 6.10 Å². The van der Waals surface area contributed by atoms with Crippen LogP contribution in [0.5, 0.6) is 0 Å². The highest BCUT2D eigenvalue weighted by Gasteiger charge is 2.48. The molecular weight excluding hydrogens is 160 g/mol. The number of aliphatic hydroxyl groups excluding tert-OH is 1. The van der Waals surface area contributed by atoms with Gasteiger partial charge in [-0.3, -0.25) is 0 Å². The van der Waals surface area contributed by atoms with E-state index in [1.807, 2.05) is 0 Å². The van der Waals surface area contributed by atoms with Crippen molar-refractivity contribution in [1.29, 1.82) is 0 Å². The molecule has 0 saturated heterocycles. The molecule has 0 amide bonds. The minimum Gasteiger partial charge on any atom is -0.393 e. The van der Waals surface area contributed by atoms with Crippen LogP contribution in [0.25, 0.3) is 0 Å². The van der Waals surface area contributed by atoms with Gasteiger partial charge in [0.05, 0.1) is 6.10 Å². The van der Waals surface area contributed by atoms with Crippen LogP contribution in [0.1, 0.15) is 46.0 Å². The van der Waals surface area contributed by atoms with E-state index in [1.165, 1.54) is 32.1 Å². The van der Waals surface area contributed by atoms with Crippen LogP contribution in [0.3, 0.4) is 0 Å². The molecule has 1 N–H and O–H groups in total. The first-order valence-corrected chi connectivity index (χ1v) is 5.90. The van der Waals surface area contributed by atoms with E-state index in [2.05, 4.69) is 13.8 Å². The van der Waals surface area contributed by atoms with Gasteiger partial charge in [0.2, 0.25) is 0 Å². The summed E-state index contributed by atoms with van der Waals surface area (Å²) in [6.45, 7) is 4.41. The Kier molecular flexibility index (Phi) is 2.64. The summed E-state index contributed by atoms with van der Waals surface area (Å²) >= 11 is 0. The smallest absolute Gasteiger partial charge is 0.0594 e. The summed E-state index contributed by atoms with van der Waals surface area (Å²) in [5.74, 6) is 3.18. The maximum Gasteiger partial charge on any atom is 0.0594 e. The summed E-state index contributed by atoms with van der Waals surface area (Å²) in [6.07, 6.45) is 6.49. The monoisotopic (exact) mass is 182 g/mol. The maximum atomic E-state index is 10.1. The maximum absolute atomic E-state index is 10.1. The zero-order valence-electron chi connectivity index (χ0n) is 8.87. The van der Waals surface area contributed by atoms with Gasteiger partial charge in [-0.2, -0.15) is 0 Å². The van der Waals surface area contributed by atoms with Gasteiger partial charge >= 0.3 is 0 Å². The van der Waals surface area contributed by atoms with Crippen molar-refractivity contribution in [2.45, 2.75) is 52.1 Å². The third-order valence-corrected chi connectivity index (χ3v) is 4.09. The van der Waals surface area contributed by atoms with Crippen molar-refractivity contribution in [2.75, 3.05) is 0 Å². The van der Waals surface area contributed by atoms with E-state index >= 15 is 0 Å². The third kappa shape index (κ3) is 1.90. The Morgan fingerprint density at radius 1 is 1.23 bits per heavy atom. The summed E-state index contributed by atoms with van der Waals surface area (Å²) in [5.41, 5.74) is 0. The predicted octanol–water partition coefficient (Wildman–Crippen LogP) is 2.83. The normalized spacial score (nSPS) is 41.3. The van der Waals surface area contributed by atoms with Gasteiger partial charge < -0.3 is 5.11 Å². The number of rotatable bonds is 4. The minimum atomic E-state index is -0.00671. The first kappa shape index (κ1) is 9.51. The fourth-order valence-corrected chi connectivity index (χ4v) is 3.13. The highest BCUT2D eigenvalue weighted by atomic mass is 16.3. The van der Waals surface area contributed by atoms with Crippen molar-refractivity contribution < 1.29 is 5.11 Å². The van der Waals surface area contributed by atoms with Gasteiger partial charge in [0.25, 0.3) is 0 Å². The standard InChI is InChI=1S/C12H22O/c1-3-4-8(2)12(13)11-6-9-5-10(9)7-11/h8-13H,3-7H2,1-2H3. The van der Waals surface area contributed by atoms with Crippen LogP contribution in [-0.4, -0.2) is 11.2 Å². The summed E-state index contributed by atoms with van der Waals surface area (Å²) in [4.78, 5) is 0. The minimum absolute atomic E-state index is 0.00671. The van der Waals surface area contributed by atoms with Gasteiger partial charge in [-0.25, -0.2) is 0 Å². The van der Waals surface area contributed by atoms with E-state index in [0.717, 1.165) is 11.8 Å². The van der Waals surface area contributed by atoms with Gasteiger partial charge in [-0.15, -0.1) is 0 Å². The molecule has 0 bridgehead atoms. The first-order valence-electron chi connectivity index (χ1n) is 5.90. The fourth-order valence-electron chi connectivity index (χ4n) is 3.13. The van der Waals surface area contributed by atoms with Crippen LogP contribution < -0.4 is 0 Å². The summed E-state index contributed by atoms with van der Waals surface area (Å²) < 4.78 is 0. The van der Waals surface area contributed by atoms with Crippen LogP contribution in [0.2, 0.25) is 0 Å². The van der Waals surface area contributed by atoms with Crippen LogP contribution in [-0.2, 0) is 0 Å². The molecular formula is C12H22O. The molecule has 2 fully saturated rings. The molecule has 0 aromatic heterocycles. The molecule has 1 heteroatoms. The lowest BCUT2D eigenvalue weighted by atomic mass is 9.86. The summed E-state index contributed by atoms with van der Waals surface area (Å²) in [6, 6.07) is 0. The Labute approximate surface area is 81.5 Å². The molecule has 0 aromatic carbocycles. The van der Waals surface area contributed by atoms with Crippen molar-refractivity contribution in [3.8, 4) is 0 Å². The second-order valence-corrected chi connectivity index (χ2v) is 5.24. The van der Waals surface area contributed by atoms with Gasteiger partial charge in [0, 0.05) is 0 Å². The lowest BCUT2D eigenvalue weighted by Crippen LogP contribution is -2.26. The average molecular weight is 182 g/mol. The number of aliphatic hydroxyl groups is 1. The Morgan fingerprint density at radius 3 is 2.38 bits per heavy atom. The van der Waals surface area contributed by atoms with E-state index in [1.54, 1.807) is 0 Å². The second kappa shape index (κ2) is 3.61. The summed E-state index contributed by atoms with van der Waals surface area (Å²) in [5, 5.41) is 10.1. The molecule has 0 aromatic rings. The second-order valence-electron chi connectivity index (χ2n) is 5.24. The predicted molar refractivity (Wildman–Crippen MR) is 54.4 cm³/mol. The summed E-state index contributed by atoms with van der Waals surface area (Å²) in [7, 11) is 0. The molecule has 2 rings (SSSR count). The molecule has 2 aliphatic carbocycles. The Balaban J connectivity index is 1.79. The Hall–Kier alpha value is -0.0400. The van der Waals surface area contributed by atoms with Crippen molar-refractivity contribution in [3.63, 3.8) is 0 Å². The average Bonchev–Trinajstić information content (AvgIpc) is 2.73. The molecule has 0 aliphatic heterocycles. The third-order valence-electron chi connectivity index (χ3n) is 4.09. The van der Waals surface area contributed by atoms with Crippen molar-refractivity contribution >= 4 is 0 Å². The van der Waals surface area contributed by atoms with Crippen LogP contribution in [0.15, 0.2) is 0 Å². The zero-order valence-corrected chi connectivity index (χ0v) is 8.87. The first-order chi connectivity index (χ1) is 6.22. The molecule has 0 spiro atoms. The van der Waals surface area contributed by atoms with E-state index in [9.17, 15) is 5.11 Å². The van der Waals surface area contributed by atoms with E-state index in [0.29, 0.717) is 11.8 Å². The van der Waals surface area contributed by atoms with E-state index in [4.69, 9.17) is 0 Å². The zero-order chi connectivity index (χ0) is 9.42. The molecule has 4 atom stereocenters. The molecule has 0 radical (unpaired) electrons. The van der Waals surface area contributed by atoms with Crippen LogP contribution >= 0.6 is 0 Å². The van der Waals surface area contributed by atoms with E-state index < -0.39 is 0 Å².